The van der Waals surface area contributed by atoms with E-state index in [0.29, 0.717) is 6.04 Å². The van der Waals surface area contributed by atoms with Gasteiger partial charge in [-0.1, -0.05) is 22.0 Å². The third-order valence-electron chi connectivity index (χ3n) is 3.00. The Labute approximate surface area is 109 Å². The minimum atomic E-state index is -0.314. The van der Waals surface area contributed by atoms with Crippen molar-refractivity contribution >= 4 is 27.6 Å². The van der Waals surface area contributed by atoms with Crippen LogP contribution in [0, 0.1) is 0 Å². The van der Waals surface area contributed by atoms with Crippen molar-refractivity contribution in [2.24, 2.45) is 5.73 Å². The molecular formula is C12H16BrN3O. The Kier molecular flexibility index (Phi) is 3.89. The lowest BCUT2D eigenvalue weighted by Crippen LogP contribution is -2.44. The number of nitrogens with one attached hydrogen (secondary N) is 1. The summed E-state index contributed by atoms with van der Waals surface area (Å²) < 4.78 is 1.07. The molecule has 92 valence electrons. The maximum absolute atomic E-state index is 11.0. The molecule has 3 N–H and O–H groups in total. The number of amides is 2. The van der Waals surface area contributed by atoms with Crippen LogP contribution in [-0.2, 0) is 0 Å². The average molecular weight is 298 g/mol. The molecule has 1 aromatic rings. The van der Waals surface area contributed by atoms with Gasteiger partial charge in [-0.2, -0.15) is 0 Å². The molecule has 1 aliphatic rings. The highest BCUT2D eigenvalue weighted by Crippen LogP contribution is 2.19. The van der Waals surface area contributed by atoms with Crippen molar-refractivity contribution in [3.63, 3.8) is 0 Å². The van der Waals surface area contributed by atoms with Crippen molar-refractivity contribution in [3.8, 4) is 0 Å². The molecule has 0 radical (unpaired) electrons. The summed E-state index contributed by atoms with van der Waals surface area (Å²) in [5, 5.41) is 3.47. The molecule has 1 heterocycles. The predicted molar refractivity (Wildman–Crippen MR) is 71.9 cm³/mol. The van der Waals surface area contributed by atoms with Crippen LogP contribution >= 0.6 is 15.9 Å². The average Bonchev–Trinajstić information content (AvgIpc) is 2.29. The molecule has 0 bridgehead atoms. The molecule has 2 rings (SSSR count). The molecule has 2 amide bonds. The summed E-state index contributed by atoms with van der Waals surface area (Å²) in [6.45, 7) is 1.47. The van der Waals surface area contributed by atoms with Gasteiger partial charge in [0.15, 0.2) is 0 Å². The van der Waals surface area contributed by atoms with Gasteiger partial charge in [0, 0.05) is 29.3 Å². The fourth-order valence-corrected chi connectivity index (χ4v) is 2.46. The van der Waals surface area contributed by atoms with E-state index in [1.54, 1.807) is 4.90 Å². The second-order valence-electron chi connectivity index (χ2n) is 4.25. The molecule has 0 spiro atoms. The maximum Gasteiger partial charge on any atom is 0.314 e. The van der Waals surface area contributed by atoms with Crippen LogP contribution < -0.4 is 11.1 Å². The van der Waals surface area contributed by atoms with Gasteiger partial charge in [0.25, 0.3) is 0 Å². The molecule has 0 atom stereocenters. The maximum atomic E-state index is 11.0. The molecule has 0 aliphatic carbocycles. The molecule has 0 saturated carbocycles. The van der Waals surface area contributed by atoms with Crippen LogP contribution in [0.15, 0.2) is 28.7 Å². The van der Waals surface area contributed by atoms with Gasteiger partial charge < -0.3 is 16.0 Å². The Morgan fingerprint density at radius 2 is 2.12 bits per heavy atom. The van der Waals surface area contributed by atoms with E-state index in [9.17, 15) is 4.79 Å². The van der Waals surface area contributed by atoms with E-state index in [0.717, 1.165) is 36.1 Å². The minimum Gasteiger partial charge on any atom is -0.382 e. The molecule has 4 nitrogen and oxygen atoms in total. The third-order valence-corrected chi connectivity index (χ3v) is 3.50. The van der Waals surface area contributed by atoms with Crippen LogP contribution in [0.4, 0.5) is 10.5 Å². The number of halogens is 1. The van der Waals surface area contributed by atoms with Gasteiger partial charge in [-0.05, 0) is 31.0 Å². The number of hydrogen-bond acceptors (Lipinski definition) is 2. The third kappa shape index (κ3) is 3.36. The van der Waals surface area contributed by atoms with Crippen molar-refractivity contribution in [2.75, 3.05) is 18.4 Å². The SMILES string of the molecule is NC(=O)N1CCC(Nc2cccc(Br)c2)CC1. The number of nitrogens with zero attached hydrogens (tertiary/aromatic N) is 1. The molecule has 1 fully saturated rings. The summed E-state index contributed by atoms with van der Waals surface area (Å²) in [5.41, 5.74) is 6.35. The topological polar surface area (TPSA) is 58.4 Å². The number of likely N-dealkylation sites (tertiary alicyclic amines) is 1. The Balaban J connectivity index is 1.88. The molecule has 1 aliphatic heterocycles. The molecule has 17 heavy (non-hydrogen) atoms. The van der Waals surface area contributed by atoms with Crippen LogP contribution in [0.25, 0.3) is 0 Å². The Morgan fingerprint density at radius 3 is 2.71 bits per heavy atom. The molecule has 1 aromatic carbocycles. The second-order valence-corrected chi connectivity index (χ2v) is 5.17. The van der Waals surface area contributed by atoms with Crippen molar-refractivity contribution < 1.29 is 4.79 Å². The molecule has 5 heteroatoms. The standard InChI is InChI=1S/C12H16BrN3O/c13-9-2-1-3-11(8-9)15-10-4-6-16(7-5-10)12(14)17/h1-3,8,10,15H,4-7H2,(H2,14,17). The van der Waals surface area contributed by atoms with E-state index in [4.69, 9.17) is 5.73 Å². The van der Waals surface area contributed by atoms with Crippen LogP contribution in [0.2, 0.25) is 0 Å². The Hall–Kier alpha value is -1.23. The number of carbonyl (C=O) groups is 1. The summed E-state index contributed by atoms with van der Waals surface area (Å²) in [5.74, 6) is 0. The lowest BCUT2D eigenvalue weighted by atomic mass is 10.1. The van der Waals surface area contributed by atoms with Crippen LogP contribution in [-0.4, -0.2) is 30.1 Å². The number of benzene rings is 1. The molecule has 0 unspecified atom stereocenters. The lowest BCUT2D eigenvalue weighted by molar-refractivity contribution is 0.193. The molecular weight excluding hydrogens is 282 g/mol. The smallest absolute Gasteiger partial charge is 0.314 e. The largest absolute Gasteiger partial charge is 0.382 e. The number of primary amides is 1. The normalized spacial score (nSPS) is 16.9. The zero-order chi connectivity index (χ0) is 12.3. The van der Waals surface area contributed by atoms with Gasteiger partial charge >= 0.3 is 6.03 Å². The van der Waals surface area contributed by atoms with E-state index in [1.165, 1.54) is 0 Å². The number of rotatable bonds is 2. The lowest BCUT2D eigenvalue weighted by Gasteiger charge is -2.31. The summed E-state index contributed by atoms with van der Waals surface area (Å²) in [7, 11) is 0. The fourth-order valence-electron chi connectivity index (χ4n) is 2.06. The van der Waals surface area contributed by atoms with Gasteiger partial charge in [-0.15, -0.1) is 0 Å². The van der Waals surface area contributed by atoms with Crippen LogP contribution in [0.5, 0.6) is 0 Å². The van der Waals surface area contributed by atoms with Crippen LogP contribution in [0.3, 0.4) is 0 Å². The Bertz CT molecular complexity index is 402. The van der Waals surface area contributed by atoms with E-state index in [2.05, 4.69) is 27.3 Å². The monoisotopic (exact) mass is 297 g/mol. The van der Waals surface area contributed by atoms with E-state index in [1.807, 2.05) is 18.2 Å². The number of piperidine rings is 1. The highest BCUT2D eigenvalue weighted by molar-refractivity contribution is 9.10. The van der Waals surface area contributed by atoms with E-state index in [-0.39, 0.29) is 6.03 Å². The predicted octanol–water partition coefficient (Wildman–Crippen LogP) is 2.40. The summed E-state index contributed by atoms with van der Waals surface area (Å²) in [6.07, 6.45) is 1.88. The highest BCUT2D eigenvalue weighted by Gasteiger charge is 2.20. The first-order valence-electron chi connectivity index (χ1n) is 5.71. The van der Waals surface area contributed by atoms with Gasteiger partial charge in [-0.25, -0.2) is 4.79 Å². The zero-order valence-electron chi connectivity index (χ0n) is 9.53. The summed E-state index contributed by atoms with van der Waals surface area (Å²) in [4.78, 5) is 12.7. The zero-order valence-corrected chi connectivity index (χ0v) is 11.1. The van der Waals surface area contributed by atoms with Gasteiger partial charge in [0.2, 0.25) is 0 Å². The molecule has 1 saturated heterocycles. The van der Waals surface area contributed by atoms with Crippen molar-refractivity contribution in [1.82, 2.24) is 4.90 Å². The first-order chi connectivity index (χ1) is 8.15. The first-order valence-corrected chi connectivity index (χ1v) is 6.51. The number of nitrogens with two attached hydrogens (primary N) is 1. The number of carbonyl (C=O) groups excluding carboxylic acids is 1. The van der Waals surface area contributed by atoms with E-state index < -0.39 is 0 Å². The first kappa shape index (κ1) is 12.2. The fraction of sp³-hybridized carbons (Fsp3) is 0.417. The van der Waals surface area contributed by atoms with Crippen molar-refractivity contribution in [1.29, 1.82) is 0 Å². The summed E-state index contributed by atoms with van der Waals surface area (Å²) in [6, 6.07) is 8.21. The summed E-state index contributed by atoms with van der Waals surface area (Å²) >= 11 is 3.45. The number of urea groups is 1. The minimum absolute atomic E-state index is 0.314. The highest BCUT2D eigenvalue weighted by atomic mass is 79.9. The Morgan fingerprint density at radius 1 is 1.41 bits per heavy atom. The van der Waals surface area contributed by atoms with Gasteiger partial charge in [0.1, 0.15) is 0 Å². The number of anilines is 1. The van der Waals surface area contributed by atoms with E-state index >= 15 is 0 Å². The van der Waals surface area contributed by atoms with Crippen LogP contribution in [0.1, 0.15) is 12.8 Å². The quantitative estimate of drug-likeness (QED) is 0.881. The van der Waals surface area contributed by atoms with Gasteiger partial charge in [-0.3, -0.25) is 0 Å². The van der Waals surface area contributed by atoms with Gasteiger partial charge in [0.05, 0.1) is 0 Å². The van der Waals surface area contributed by atoms with Crippen molar-refractivity contribution in [3.05, 3.63) is 28.7 Å². The van der Waals surface area contributed by atoms with Crippen molar-refractivity contribution in [2.45, 2.75) is 18.9 Å². The molecule has 0 aromatic heterocycles. The second kappa shape index (κ2) is 5.40. The number of hydrogen-bond donors (Lipinski definition) is 2.